The maximum absolute atomic E-state index is 12.4. The molecule has 0 aromatic carbocycles. The largest absolute Gasteiger partial charge is 0.388 e. The number of imidazole rings is 1. The van der Waals surface area contributed by atoms with Crippen LogP contribution in [0.5, 0.6) is 0 Å². The fourth-order valence-electron chi connectivity index (χ4n) is 3.71. The van der Waals surface area contributed by atoms with Gasteiger partial charge in [-0.05, 0) is 19.3 Å². The predicted octanol–water partition coefficient (Wildman–Crippen LogP) is -0.0690. The molecule has 0 saturated carbocycles. The number of H-pyrrole nitrogens is 1. The van der Waals surface area contributed by atoms with E-state index in [2.05, 4.69) is 14.9 Å². The fourth-order valence-corrected chi connectivity index (χ4v) is 3.71. The van der Waals surface area contributed by atoms with Gasteiger partial charge in [0.05, 0.1) is 5.60 Å². The summed E-state index contributed by atoms with van der Waals surface area (Å²) in [6, 6.07) is 0. The third-order valence-electron chi connectivity index (χ3n) is 5.24. The van der Waals surface area contributed by atoms with Crippen molar-refractivity contribution in [3.05, 3.63) is 18.2 Å². The zero-order valence-electron chi connectivity index (χ0n) is 14.8. The quantitative estimate of drug-likeness (QED) is 0.797. The molecule has 2 N–H and O–H groups in total. The summed E-state index contributed by atoms with van der Waals surface area (Å²) >= 11 is 0. The van der Waals surface area contributed by atoms with Gasteiger partial charge >= 0.3 is 0 Å². The van der Waals surface area contributed by atoms with Crippen LogP contribution in [0.15, 0.2) is 12.4 Å². The summed E-state index contributed by atoms with van der Waals surface area (Å²) in [6.07, 6.45) is 5.23. The highest BCUT2D eigenvalue weighted by atomic mass is 16.3. The Labute approximate surface area is 147 Å². The minimum atomic E-state index is -0.781. The van der Waals surface area contributed by atoms with Crippen LogP contribution in [-0.2, 0) is 4.79 Å². The third kappa shape index (κ3) is 4.38. The number of hydrogen-bond acceptors (Lipinski definition) is 5. The first-order chi connectivity index (χ1) is 12.0. The van der Waals surface area contributed by atoms with Crippen molar-refractivity contribution in [2.75, 3.05) is 45.8 Å². The molecule has 1 aromatic rings. The average Bonchev–Trinajstić information content (AvgIpc) is 3.05. The van der Waals surface area contributed by atoms with Crippen molar-refractivity contribution < 1.29 is 14.7 Å². The molecule has 1 atom stereocenters. The topological polar surface area (TPSA) is 92.8 Å². The van der Waals surface area contributed by atoms with Crippen LogP contribution >= 0.6 is 0 Å². The first kappa shape index (κ1) is 17.9. The van der Waals surface area contributed by atoms with Crippen molar-refractivity contribution in [3.8, 4) is 0 Å². The molecule has 25 heavy (non-hydrogen) atoms. The molecule has 0 bridgehead atoms. The molecule has 0 radical (unpaired) electrons. The number of carbonyl (C=O) groups is 2. The smallest absolute Gasteiger partial charge is 0.289 e. The molecule has 0 unspecified atom stereocenters. The van der Waals surface area contributed by atoms with Gasteiger partial charge in [-0.3, -0.25) is 14.5 Å². The Balaban J connectivity index is 1.53. The number of piperazine rings is 1. The maximum atomic E-state index is 12.4. The Bertz CT molecular complexity index is 597. The van der Waals surface area contributed by atoms with E-state index in [1.165, 1.54) is 0 Å². The lowest BCUT2D eigenvalue weighted by atomic mass is 9.94. The predicted molar refractivity (Wildman–Crippen MR) is 92.0 cm³/mol. The molecule has 2 amide bonds. The highest BCUT2D eigenvalue weighted by Crippen LogP contribution is 2.24. The molecule has 0 aliphatic carbocycles. The highest BCUT2D eigenvalue weighted by Gasteiger charge is 2.34. The second-order valence-electron chi connectivity index (χ2n) is 7.09. The minimum Gasteiger partial charge on any atom is -0.388 e. The van der Waals surface area contributed by atoms with Crippen LogP contribution in [0, 0.1) is 0 Å². The number of hydrogen-bond donors (Lipinski definition) is 2. The number of rotatable bonds is 3. The summed E-state index contributed by atoms with van der Waals surface area (Å²) in [4.78, 5) is 36.5. The van der Waals surface area contributed by atoms with Gasteiger partial charge in [-0.2, -0.15) is 0 Å². The van der Waals surface area contributed by atoms with Crippen molar-refractivity contribution in [1.82, 2.24) is 24.7 Å². The van der Waals surface area contributed by atoms with Crippen LogP contribution in [0.4, 0.5) is 0 Å². The zero-order chi connectivity index (χ0) is 17.9. The molecule has 8 nitrogen and oxygen atoms in total. The molecule has 3 rings (SSSR count). The van der Waals surface area contributed by atoms with E-state index in [4.69, 9.17) is 0 Å². The summed E-state index contributed by atoms with van der Waals surface area (Å²) in [5.74, 6) is 0.357. The van der Waals surface area contributed by atoms with Crippen LogP contribution in [0.1, 0.15) is 36.8 Å². The Morgan fingerprint density at radius 3 is 2.56 bits per heavy atom. The number of aromatic nitrogens is 2. The molecular weight excluding hydrogens is 322 g/mol. The molecule has 1 aromatic heterocycles. The standard InChI is InChI=1S/C17H27N5O3/c1-14(23)21-11-9-20(10-12-21)13-17(25)3-2-7-22(8-4-17)16(24)15-18-5-6-19-15/h5-6,25H,2-4,7-13H2,1H3,(H,18,19)/t17-/m0/s1. The SMILES string of the molecule is CC(=O)N1CCN(C[C@]2(O)CCCN(C(=O)c3ncc[nH]3)CC2)CC1. The molecule has 3 heterocycles. The summed E-state index contributed by atoms with van der Waals surface area (Å²) in [5.41, 5.74) is -0.781. The van der Waals surface area contributed by atoms with Gasteiger partial charge in [-0.15, -0.1) is 0 Å². The van der Waals surface area contributed by atoms with Crippen LogP contribution in [0.2, 0.25) is 0 Å². The lowest BCUT2D eigenvalue weighted by Crippen LogP contribution is -2.53. The normalized spacial score (nSPS) is 25.7. The molecule has 0 spiro atoms. The molecule has 8 heteroatoms. The van der Waals surface area contributed by atoms with E-state index >= 15 is 0 Å². The van der Waals surface area contributed by atoms with E-state index in [0.29, 0.717) is 51.4 Å². The van der Waals surface area contributed by atoms with E-state index in [1.54, 1.807) is 24.2 Å². The van der Waals surface area contributed by atoms with Crippen LogP contribution in [0.25, 0.3) is 0 Å². The van der Waals surface area contributed by atoms with Crippen LogP contribution < -0.4 is 0 Å². The van der Waals surface area contributed by atoms with E-state index in [9.17, 15) is 14.7 Å². The number of amides is 2. The van der Waals surface area contributed by atoms with Gasteiger partial charge < -0.3 is 19.9 Å². The van der Waals surface area contributed by atoms with E-state index in [-0.39, 0.29) is 11.8 Å². The Morgan fingerprint density at radius 1 is 1.16 bits per heavy atom. The summed E-state index contributed by atoms with van der Waals surface area (Å²) in [7, 11) is 0. The monoisotopic (exact) mass is 349 g/mol. The molecule has 138 valence electrons. The summed E-state index contributed by atoms with van der Waals surface area (Å²) in [6.45, 7) is 6.38. The lowest BCUT2D eigenvalue weighted by molar-refractivity contribution is -0.131. The first-order valence-electron chi connectivity index (χ1n) is 8.96. The summed E-state index contributed by atoms with van der Waals surface area (Å²) < 4.78 is 0. The number of nitrogens with one attached hydrogen (secondary N) is 1. The van der Waals surface area contributed by atoms with Crippen molar-refractivity contribution in [1.29, 1.82) is 0 Å². The van der Waals surface area contributed by atoms with Crippen LogP contribution in [0.3, 0.4) is 0 Å². The van der Waals surface area contributed by atoms with Crippen molar-refractivity contribution in [2.45, 2.75) is 31.8 Å². The van der Waals surface area contributed by atoms with Crippen LogP contribution in [-0.4, -0.2) is 93.0 Å². The first-order valence-corrected chi connectivity index (χ1v) is 8.96. The number of likely N-dealkylation sites (tertiary alicyclic amines) is 1. The molecule has 2 aliphatic rings. The highest BCUT2D eigenvalue weighted by molar-refractivity contribution is 5.90. The fraction of sp³-hybridized carbons (Fsp3) is 0.706. The molecule has 2 aliphatic heterocycles. The van der Waals surface area contributed by atoms with Gasteiger partial charge in [-0.1, -0.05) is 0 Å². The molecule has 2 saturated heterocycles. The van der Waals surface area contributed by atoms with Gasteiger partial charge in [-0.25, -0.2) is 4.98 Å². The number of aliphatic hydroxyl groups is 1. The Kier molecular flexibility index (Phi) is 5.39. The second-order valence-corrected chi connectivity index (χ2v) is 7.09. The van der Waals surface area contributed by atoms with Gasteiger partial charge in [0.25, 0.3) is 5.91 Å². The van der Waals surface area contributed by atoms with Crippen molar-refractivity contribution in [3.63, 3.8) is 0 Å². The lowest BCUT2D eigenvalue weighted by Gasteiger charge is -2.39. The number of nitrogens with zero attached hydrogens (tertiary/aromatic N) is 4. The number of carbonyl (C=O) groups excluding carboxylic acids is 2. The maximum Gasteiger partial charge on any atom is 0.289 e. The van der Waals surface area contributed by atoms with Gasteiger partial charge in [0, 0.05) is 65.1 Å². The van der Waals surface area contributed by atoms with Gasteiger partial charge in [0.15, 0.2) is 5.82 Å². The van der Waals surface area contributed by atoms with Gasteiger partial charge in [0.2, 0.25) is 5.91 Å². The molecule has 2 fully saturated rings. The minimum absolute atomic E-state index is 0.107. The van der Waals surface area contributed by atoms with E-state index in [0.717, 1.165) is 19.5 Å². The third-order valence-corrected chi connectivity index (χ3v) is 5.24. The number of β-amino-alcohol motifs (C(OH)–C–C–N with tert-alkyl or cyclic N) is 1. The zero-order valence-corrected chi connectivity index (χ0v) is 14.8. The average molecular weight is 349 g/mol. The van der Waals surface area contributed by atoms with Crippen molar-refractivity contribution >= 4 is 11.8 Å². The number of aromatic amines is 1. The van der Waals surface area contributed by atoms with Crippen molar-refractivity contribution in [2.24, 2.45) is 0 Å². The Hall–Kier alpha value is -1.93. The van der Waals surface area contributed by atoms with E-state index < -0.39 is 5.60 Å². The van der Waals surface area contributed by atoms with E-state index in [1.807, 2.05) is 4.90 Å². The summed E-state index contributed by atoms with van der Waals surface area (Å²) in [5, 5.41) is 11.0. The van der Waals surface area contributed by atoms with Gasteiger partial charge in [0.1, 0.15) is 0 Å². The second kappa shape index (κ2) is 7.53. The Morgan fingerprint density at radius 2 is 1.92 bits per heavy atom. The molecular formula is C17H27N5O3.